The third-order valence-corrected chi connectivity index (χ3v) is 9.74. The van der Waals surface area contributed by atoms with Gasteiger partial charge in [-0.3, -0.25) is 0 Å². The zero-order valence-electron chi connectivity index (χ0n) is 27.9. The number of rotatable bonds is 9. The van der Waals surface area contributed by atoms with Crippen LogP contribution in [0, 0.1) is 0 Å². The highest BCUT2D eigenvalue weighted by molar-refractivity contribution is 5.70. The van der Waals surface area contributed by atoms with Gasteiger partial charge in [-0.1, -0.05) is 218 Å². The summed E-state index contributed by atoms with van der Waals surface area (Å²) in [5.41, 5.74) is 14.9. The molecule has 0 heterocycles. The Morgan fingerprint density at radius 3 is 0.600 bits per heavy atom. The van der Waals surface area contributed by atoms with Crippen LogP contribution in [0.25, 0.3) is 44.5 Å². The van der Waals surface area contributed by atoms with Crippen LogP contribution < -0.4 is 0 Å². The first-order valence-corrected chi connectivity index (χ1v) is 17.4. The molecule has 0 nitrogen and oxygen atoms in total. The van der Waals surface area contributed by atoms with Crippen molar-refractivity contribution in [2.24, 2.45) is 0 Å². The van der Waals surface area contributed by atoms with Gasteiger partial charge in [0.15, 0.2) is 0 Å². The van der Waals surface area contributed by atoms with E-state index in [0.717, 1.165) is 0 Å². The average Bonchev–Trinajstić information content (AvgIpc) is 3.21. The molecule has 0 radical (unpaired) electrons. The molecule has 0 saturated heterocycles. The van der Waals surface area contributed by atoms with Crippen molar-refractivity contribution >= 4 is 0 Å². The molecule has 50 heavy (non-hydrogen) atoms. The van der Waals surface area contributed by atoms with Crippen molar-refractivity contribution in [2.75, 3.05) is 0 Å². The van der Waals surface area contributed by atoms with Crippen LogP contribution in [-0.4, -0.2) is 0 Å². The molecule has 8 aromatic rings. The first kappa shape index (κ1) is 31.1. The SMILES string of the molecule is c1ccc(-c2cccc(C(c3cccc(-c4ccccc4)c3)C(c3cccc(-c4ccccc4)c3)c3cccc(-c4ccccc4)c3)c2)cc1. The monoisotopic (exact) mass is 638 g/mol. The van der Waals surface area contributed by atoms with Gasteiger partial charge in [-0.05, 0) is 66.8 Å². The van der Waals surface area contributed by atoms with Crippen molar-refractivity contribution in [3.05, 3.63) is 241 Å². The predicted octanol–water partition coefficient (Wildman–Crippen LogP) is 13.3. The molecule has 0 aromatic heterocycles. The molecule has 0 spiro atoms. The van der Waals surface area contributed by atoms with Gasteiger partial charge in [-0.2, -0.15) is 0 Å². The average molecular weight is 639 g/mol. The van der Waals surface area contributed by atoms with Crippen molar-refractivity contribution in [2.45, 2.75) is 11.8 Å². The summed E-state index contributed by atoms with van der Waals surface area (Å²) in [6.07, 6.45) is 0. The Hall–Kier alpha value is -6.24. The summed E-state index contributed by atoms with van der Waals surface area (Å²) < 4.78 is 0. The zero-order chi connectivity index (χ0) is 33.5. The second-order valence-corrected chi connectivity index (χ2v) is 12.9. The van der Waals surface area contributed by atoms with Gasteiger partial charge < -0.3 is 0 Å². The van der Waals surface area contributed by atoms with Crippen LogP contribution in [0.15, 0.2) is 218 Å². The van der Waals surface area contributed by atoms with Gasteiger partial charge in [0.2, 0.25) is 0 Å². The quantitative estimate of drug-likeness (QED) is 0.148. The molecule has 0 bridgehead atoms. The van der Waals surface area contributed by atoms with E-state index in [-0.39, 0.29) is 11.8 Å². The number of hydrogen-bond acceptors (Lipinski definition) is 0. The van der Waals surface area contributed by atoms with E-state index in [9.17, 15) is 0 Å². The lowest BCUT2D eigenvalue weighted by atomic mass is 9.72. The first-order valence-electron chi connectivity index (χ1n) is 17.4. The second-order valence-electron chi connectivity index (χ2n) is 12.9. The standard InChI is InChI=1S/C50H38/c1-5-17-37(18-6-1)41-25-13-29-45(33-41)49(46-30-14-26-42(34-46)38-19-7-2-8-20-38)50(47-31-15-27-43(35-47)39-21-9-3-10-22-39)48-32-16-28-44(36-48)40-23-11-4-12-24-40/h1-36,49-50H. The fourth-order valence-corrected chi connectivity index (χ4v) is 7.32. The lowest BCUT2D eigenvalue weighted by molar-refractivity contribution is 0.695. The molecule has 0 aliphatic heterocycles. The highest BCUT2D eigenvalue weighted by atomic mass is 14.3. The molecule has 0 amide bonds. The van der Waals surface area contributed by atoms with Gasteiger partial charge >= 0.3 is 0 Å². The van der Waals surface area contributed by atoms with E-state index < -0.39 is 0 Å². The Morgan fingerprint density at radius 1 is 0.180 bits per heavy atom. The van der Waals surface area contributed by atoms with Gasteiger partial charge in [-0.15, -0.1) is 0 Å². The van der Waals surface area contributed by atoms with E-state index in [2.05, 4.69) is 218 Å². The van der Waals surface area contributed by atoms with Crippen molar-refractivity contribution in [3.8, 4) is 44.5 Å². The molecular weight excluding hydrogens is 601 g/mol. The topological polar surface area (TPSA) is 0 Å². The van der Waals surface area contributed by atoms with E-state index in [1.54, 1.807) is 0 Å². The summed E-state index contributed by atoms with van der Waals surface area (Å²) in [4.78, 5) is 0. The molecule has 0 atom stereocenters. The molecule has 0 aliphatic rings. The van der Waals surface area contributed by atoms with Gasteiger partial charge in [0.1, 0.15) is 0 Å². The second kappa shape index (κ2) is 14.5. The lowest BCUT2D eigenvalue weighted by Gasteiger charge is -2.31. The van der Waals surface area contributed by atoms with Crippen molar-refractivity contribution < 1.29 is 0 Å². The summed E-state index contributed by atoms with van der Waals surface area (Å²) >= 11 is 0. The largest absolute Gasteiger partial charge is 0.0622 e. The highest BCUT2D eigenvalue weighted by Gasteiger charge is 2.29. The summed E-state index contributed by atoms with van der Waals surface area (Å²) in [5, 5.41) is 0. The Balaban J connectivity index is 1.37. The minimum atomic E-state index is 0.0272. The van der Waals surface area contributed by atoms with E-state index in [1.165, 1.54) is 66.8 Å². The normalized spacial score (nSPS) is 11.2. The van der Waals surface area contributed by atoms with Crippen LogP contribution in [0.4, 0.5) is 0 Å². The molecule has 0 saturated carbocycles. The highest BCUT2D eigenvalue weighted by Crippen LogP contribution is 2.46. The minimum absolute atomic E-state index is 0.0272. The van der Waals surface area contributed by atoms with Crippen molar-refractivity contribution in [1.82, 2.24) is 0 Å². The maximum Gasteiger partial charge on any atom is 0.0199 e. The van der Waals surface area contributed by atoms with E-state index in [1.807, 2.05) is 0 Å². The third-order valence-electron chi connectivity index (χ3n) is 9.74. The Labute approximate surface area is 296 Å². The first-order chi connectivity index (χ1) is 24.8. The lowest BCUT2D eigenvalue weighted by Crippen LogP contribution is -2.15. The number of benzene rings is 8. The maximum atomic E-state index is 2.41. The Bertz CT molecular complexity index is 1970. The Kier molecular flexibility index (Phi) is 8.99. The van der Waals surface area contributed by atoms with E-state index in [4.69, 9.17) is 0 Å². The van der Waals surface area contributed by atoms with Gasteiger partial charge in [0.05, 0.1) is 0 Å². The third kappa shape index (κ3) is 6.70. The fraction of sp³-hybridized carbons (Fsp3) is 0.0400. The molecule has 0 fully saturated rings. The summed E-state index contributed by atoms with van der Waals surface area (Å²) in [6, 6.07) is 79.7. The molecular formula is C50H38. The molecule has 0 unspecified atom stereocenters. The zero-order valence-corrected chi connectivity index (χ0v) is 27.9. The fourth-order valence-electron chi connectivity index (χ4n) is 7.32. The summed E-state index contributed by atoms with van der Waals surface area (Å²) in [5.74, 6) is 0.0544. The van der Waals surface area contributed by atoms with Crippen LogP contribution in [0.3, 0.4) is 0 Å². The minimum Gasteiger partial charge on any atom is -0.0622 e. The molecule has 238 valence electrons. The van der Waals surface area contributed by atoms with Crippen LogP contribution >= 0.6 is 0 Å². The van der Waals surface area contributed by atoms with Gasteiger partial charge in [-0.25, -0.2) is 0 Å². The van der Waals surface area contributed by atoms with Crippen LogP contribution in [0.5, 0.6) is 0 Å². The number of hydrogen-bond donors (Lipinski definition) is 0. The Morgan fingerprint density at radius 2 is 0.380 bits per heavy atom. The van der Waals surface area contributed by atoms with Crippen molar-refractivity contribution in [3.63, 3.8) is 0 Å². The van der Waals surface area contributed by atoms with Crippen LogP contribution in [-0.2, 0) is 0 Å². The van der Waals surface area contributed by atoms with Gasteiger partial charge in [0.25, 0.3) is 0 Å². The molecule has 8 aromatic carbocycles. The molecule has 8 rings (SSSR count). The summed E-state index contributed by atoms with van der Waals surface area (Å²) in [7, 11) is 0. The van der Waals surface area contributed by atoms with E-state index in [0.29, 0.717) is 0 Å². The van der Waals surface area contributed by atoms with Crippen LogP contribution in [0.2, 0.25) is 0 Å². The molecule has 0 heteroatoms. The van der Waals surface area contributed by atoms with Gasteiger partial charge in [0, 0.05) is 11.8 Å². The van der Waals surface area contributed by atoms with Crippen molar-refractivity contribution in [1.29, 1.82) is 0 Å². The predicted molar refractivity (Wildman–Crippen MR) is 211 cm³/mol. The van der Waals surface area contributed by atoms with Crippen LogP contribution in [0.1, 0.15) is 34.1 Å². The molecule has 0 N–H and O–H groups in total. The maximum absolute atomic E-state index is 2.41. The molecule has 0 aliphatic carbocycles. The smallest absolute Gasteiger partial charge is 0.0199 e. The summed E-state index contributed by atoms with van der Waals surface area (Å²) in [6.45, 7) is 0. The van der Waals surface area contributed by atoms with E-state index >= 15 is 0 Å².